The number of carbonyl (C=O) groups excluding carboxylic acids is 1. The molecule has 0 atom stereocenters. The van der Waals surface area contributed by atoms with Crippen molar-refractivity contribution in [3.05, 3.63) is 65.0 Å². The van der Waals surface area contributed by atoms with Crippen LogP contribution in [-0.4, -0.2) is 10.9 Å². The van der Waals surface area contributed by atoms with Crippen LogP contribution in [0.2, 0.25) is 0 Å². The maximum absolute atomic E-state index is 12.1. The van der Waals surface area contributed by atoms with Crippen LogP contribution in [0.4, 0.5) is 5.69 Å². The summed E-state index contributed by atoms with van der Waals surface area (Å²) >= 11 is 0. The van der Waals surface area contributed by atoms with Gasteiger partial charge < -0.3 is 5.32 Å². The lowest BCUT2D eigenvalue weighted by atomic mass is 9.99. The molecule has 0 aliphatic heterocycles. The standard InChI is InChI=1S/C18H20N2O/c1-4-6-15-7-5-8-16(14(15)3)11-18(21)20-17-10-9-13(2)19-12-17/h4-10,12H,11H2,1-3H3,(H,20,21)/b6-4-. The van der Waals surface area contributed by atoms with Gasteiger partial charge in [-0.1, -0.05) is 30.4 Å². The summed E-state index contributed by atoms with van der Waals surface area (Å²) in [5.41, 5.74) is 5.01. The molecular weight excluding hydrogens is 260 g/mol. The van der Waals surface area contributed by atoms with E-state index in [-0.39, 0.29) is 5.91 Å². The summed E-state index contributed by atoms with van der Waals surface area (Å²) in [6.07, 6.45) is 6.10. The Bertz CT molecular complexity index is 657. The van der Waals surface area contributed by atoms with Crippen molar-refractivity contribution < 1.29 is 4.79 Å². The van der Waals surface area contributed by atoms with Crippen LogP contribution in [0.3, 0.4) is 0 Å². The summed E-state index contributed by atoms with van der Waals surface area (Å²) in [6, 6.07) is 9.78. The quantitative estimate of drug-likeness (QED) is 0.922. The van der Waals surface area contributed by atoms with E-state index in [4.69, 9.17) is 0 Å². The van der Waals surface area contributed by atoms with Gasteiger partial charge in [0.2, 0.25) is 5.91 Å². The maximum atomic E-state index is 12.1. The van der Waals surface area contributed by atoms with Gasteiger partial charge in [0.15, 0.2) is 0 Å². The van der Waals surface area contributed by atoms with Crippen molar-refractivity contribution in [3.8, 4) is 0 Å². The Morgan fingerprint density at radius 1 is 1.24 bits per heavy atom. The first-order valence-electron chi connectivity index (χ1n) is 7.04. The molecule has 0 saturated carbocycles. The molecule has 0 unspecified atom stereocenters. The number of allylic oxidation sites excluding steroid dienone is 1. The van der Waals surface area contributed by atoms with Gasteiger partial charge in [-0.15, -0.1) is 0 Å². The Morgan fingerprint density at radius 3 is 2.71 bits per heavy atom. The molecule has 1 heterocycles. The molecule has 0 spiro atoms. The second-order valence-corrected chi connectivity index (χ2v) is 5.04. The number of nitrogens with one attached hydrogen (secondary N) is 1. The van der Waals surface area contributed by atoms with Crippen LogP contribution in [0.1, 0.15) is 29.3 Å². The second-order valence-electron chi connectivity index (χ2n) is 5.04. The average Bonchev–Trinajstić information content (AvgIpc) is 2.46. The van der Waals surface area contributed by atoms with Gasteiger partial charge in [-0.3, -0.25) is 9.78 Å². The summed E-state index contributed by atoms with van der Waals surface area (Å²) in [6.45, 7) is 5.95. The number of hydrogen-bond acceptors (Lipinski definition) is 2. The van der Waals surface area contributed by atoms with Crippen molar-refractivity contribution in [2.24, 2.45) is 0 Å². The fraction of sp³-hybridized carbons (Fsp3) is 0.222. The molecule has 0 radical (unpaired) electrons. The first-order valence-corrected chi connectivity index (χ1v) is 7.04. The number of rotatable bonds is 4. The zero-order valence-electron chi connectivity index (χ0n) is 12.7. The molecule has 1 aromatic carbocycles. The third-order valence-corrected chi connectivity index (χ3v) is 3.38. The largest absolute Gasteiger partial charge is 0.324 e. The number of amides is 1. The Hall–Kier alpha value is -2.42. The van der Waals surface area contributed by atoms with Crippen molar-refractivity contribution in [2.45, 2.75) is 27.2 Å². The maximum Gasteiger partial charge on any atom is 0.228 e. The fourth-order valence-corrected chi connectivity index (χ4v) is 2.17. The highest BCUT2D eigenvalue weighted by Crippen LogP contribution is 2.16. The van der Waals surface area contributed by atoms with Crippen molar-refractivity contribution >= 4 is 17.7 Å². The monoisotopic (exact) mass is 280 g/mol. The van der Waals surface area contributed by atoms with E-state index in [0.717, 1.165) is 28.1 Å². The van der Waals surface area contributed by atoms with Crippen molar-refractivity contribution in [1.29, 1.82) is 0 Å². The van der Waals surface area contributed by atoms with E-state index < -0.39 is 0 Å². The van der Waals surface area contributed by atoms with Crippen molar-refractivity contribution in [1.82, 2.24) is 4.98 Å². The highest BCUT2D eigenvalue weighted by molar-refractivity contribution is 5.92. The smallest absolute Gasteiger partial charge is 0.228 e. The van der Waals surface area contributed by atoms with Crippen LogP contribution in [0.25, 0.3) is 6.08 Å². The molecule has 1 N–H and O–H groups in total. The second kappa shape index (κ2) is 6.84. The summed E-state index contributed by atoms with van der Waals surface area (Å²) < 4.78 is 0. The highest BCUT2D eigenvalue weighted by atomic mass is 16.1. The molecule has 3 heteroatoms. The van der Waals surface area contributed by atoms with Crippen molar-refractivity contribution in [3.63, 3.8) is 0 Å². The minimum absolute atomic E-state index is 0.0265. The lowest BCUT2D eigenvalue weighted by molar-refractivity contribution is -0.115. The Labute approximate surface area is 125 Å². The minimum Gasteiger partial charge on any atom is -0.324 e. The number of hydrogen-bond donors (Lipinski definition) is 1. The first kappa shape index (κ1) is 15.0. The summed E-state index contributed by atoms with van der Waals surface area (Å²) in [4.78, 5) is 16.3. The van der Waals surface area contributed by atoms with Gasteiger partial charge in [-0.05, 0) is 49.6 Å². The van der Waals surface area contributed by atoms with Crippen LogP contribution in [-0.2, 0) is 11.2 Å². The number of anilines is 1. The molecule has 2 rings (SSSR count). The first-order chi connectivity index (χ1) is 10.1. The third kappa shape index (κ3) is 4.02. The van der Waals surface area contributed by atoms with Gasteiger partial charge in [0.25, 0.3) is 0 Å². The number of benzene rings is 1. The molecule has 0 saturated heterocycles. The summed E-state index contributed by atoms with van der Waals surface area (Å²) in [5.74, 6) is -0.0265. The molecule has 1 aromatic heterocycles. The van der Waals surface area contributed by atoms with Gasteiger partial charge in [-0.25, -0.2) is 0 Å². The van der Waals surface area contributed by atoms with Gasteiger partial charge in [0, 0.05) is 5.69 Å². The van der Waals surface area contributed by atoms with Gasteiger partial charge in [-0.2, -0.15) is 0 Å². The molecule has 0 bridgehead atoms. The van der Waals surface area contributed by atoms with Gasteiger partial charge in [0.05, 0.1) is 18.3 Å². The molecule has 108 valence electrons. The zero-order chi connectivity index (χ0) is 15.2. The van der Waals surface area contributed by atoms with E-state index in [2.05, 4.69) is 22.4 Å². The summed E-state index contributed by atoms with van der Waals surface area (Å²) in [7, 11) is 0. The predicted molar refractivity (Wildman–Crippen MR) is 87.2 cm³/mol. The molecular formula is C18H20N2O. The predicted octanol–water partition coefficient (Wildman–Crippen LogP) is 3.91. The average molecular weight is 280 g/mol. The molecule has 0 aliphatic carbocycles. The lowest BCUT2D eigenvalue weighted by Crippen LogP contribution is -2.15. The molecule has 0 aliphatic rings. The van der Waals surface area contributed by atoms with E-state index in [1.54, 1.807) is 6.20 Å². The number of aromatic nitrogens is 1. The molecule has 1 amide bonds. The number of carbonyl (C=O) groups is 1. The van der Waals surface area contributed by atoms with Crippen LogP contribution in [0, 0.1) is 13.8 Å². The number of nitrogens with zero attached hydrogens (tertiary/aromatic N) is 1. The Balaban J connectivity index is 2.09. The van der Waals surface area contributed by atoms with Crippen LogP contribution in [0.5, 0.6) is 0 Å². The van der Waals surface area contributed by atoms with Crippen LogP contribution < -0.4 is 5.32 Å². The normalized spacial score (nSPS) is 10.8. The zero-order valence-corrected chi connectivity index (χ0v) is 12.7. The van der Waals surface area contributed by atoms with E-state index in [1.165, 1.54) is 0 Å². The molecule has 21 heavy (non-hydrogen) atoms. The van der Waals surface area contributed by atoms with Gasteiger partial charge >= 0.3 is 0 Å². The Morgan fingerprint density at radius 2 is 2.05 bits per heavy atom. The number of aryl methyl sites for hydroxylation is 1. The van der Waals surface area contributed by atoms with E-state index >= 15 is 0 Å². The molecule has 3 nitrogen and oxygen atoms in total. The van der Waals surface area contributed by atoms with E-state index in [9.17, 15) is 4.79 Å². The third-order valence-electron chi connectivity index (χ3n) is 3.38. The van der Waals surface area contributed by atoms with Gasteiger partial charge in [0.1, 0.15) is 0 Å². The van der Waals surface area contributed by atoms with E-state index in [1.807, 2.05) is 51.1 Å². The van der Waals surface area contributed by atoms with E-state index in [0.29, 0.717) is 6.42 Å². The SMILES string of the molecule is C/C=C\c1cccc(CC(=O)Nc2ccc(C)nc2)c1C. The highest BCUT2D eigenvalue weighted by Gasteiger charge is 2.08. The van der Waals surface area contributed by atoms with Crippen LogP contribution >= 0.6 is 0 Å². The lowest BCUT2D eigenvalue weighted by Gasteiger charge is -2.09. The molecule has 0 fully saturated rings. The topological polar surface area (TPSA) is 42.0 Å². The summed E-state index contributed by atoms with van der Waals surface area (Å²) in [5, 5.41) is 2.88. The Kier molecular flexibility index (Phi) is 4.88. The van der Waals surface area contributed by atoms with Crippen molar-refractivity contribution in [2.75, 3.05) is 5.32 Å². The fourth-order valence-electron chi connectivity index (χ4n) is 2.17. The number of pyridine rings is 1. The van der Waals surface area contributed by atoms with Crippen LogP contribution in [0.15, 0.2) is 42.6 Å². The minimum atomic E-state index is -0.0265. The molecule has 2 aromatic rings.